The molecule has 0 unspecified atom stereocenters. The zero-order valence-electron chi connectivity index (χ0n) is 13.4. The van der Waals surface area contributed by atoms with E-state index in [1.807, 2.05) is 42.5 Å². The molecule has 0 bridgehead atoms. The Labute approximate surface area is 153 Å². The average molecular weight is 405 g/mol. The Morgan fingerprint density at radius 2 is 1.79 bits per heavy atom. The van der Waals surface area contributed by atoms with Crippen molar-refractivity contribution in [1.29, 1.82) is 0 Å². The minimum absolute atomic E-state index is 0.686. The van der Waals surface area contributed by atoms with Crippen molar-refractivity contribution < 1.29 is 9.47 Å². The van der Waals surface area contributed by atoms with E-state index >= 15 is 0 Å². The highest BCUT2D eigenvalue weighted by atomic mass is 79.9. The molecule has 0 aliphatic rings. The number of halogens is 1. The Balaban J connectivity index is 1.72. The summed E-state index contributed by atoms with van der Waals surface area (Å²) in [6, 6.07) is 13.9. The van der Waals surface area contributed by atoms with Crippen LogP contribution in [0.3, 0.4) is 0 Å². The quantitative estimate of drug-likeness (QED) is 0.612. The number of aromatic nitrogens is 1. The van der Waals surface area contributed by atoms with Gasteiger partial charge in [0.2, 0.25) is 0 Å². The number of nitrogens with zero attached hydrogens (tertiary/aromatic N) is 1. The Morgan fingerprint density at radius 3 is 2.50 bits per heavy atom. The standard InChI is InChI=1S/C18H17BrN2O2S/c1-22-16-8-3-12(9-17(16)23-2)18-21-15(11-24-18)10-20-14-6-4-13(19)5-7-14/h3-9,11,20H,10H2,1-2H3. The van der Waals surface area contributed by atoms with E-state index in [4.69, 9.17) is 14.5 Å². The Morgan fingerprint density at radius 1 is 1.04 bits per heavy atom. The lowest BCUT2D eigenvalue weighted by atomic mass is 10.2. The van der Waals surface area contributed by atoms with Crippen LogP contribution in [0.1, 0.15) is 5.69 Å². The van der Waals surface area contributed by atoms with Gasteiger partial charge in [0.15, 0.2) is 11.5 Å². The fraction of sp³-hybridized carbons (Fsp3) is 0.167. The Hall–Kier alpha value is -2.05. The number of rotatable bonds is 6. The predicted octanol–water partition coefficient (Wildman–Crippen LogP) is 5.20. The highest BCUT2D eigenvalue weighted by Gasteiger charge is 2.09. The first-order chi connectivity index (χ1) is 11.7. The summed E-state index contributed by atoms with van der Waals surface area (Å²) in [6.07, 6.45) is 0. The van der Waals surface area contributed by atoms with Crippen LogP contribution in [0.5, 0.6) is 11.5 Å². The highest BCUT2D eigenvalue weighted by Crippen LogP contribution is 2.33. The molecule has 24 heavy (non-hydrogen) atoms. The maximum atomic E-state index is 5.36. The van der Waals surface area contributed by atoms with E-state index in [9.17, 15) is 0 Å². The Kier molecular flexibility index (Phi) is 5.37. The molecule has 1 N–H and O–H groups in total. The summed E-state index contributed by atoms with van der Waals surface area (Å²) >= 11 is 5.05. The van der Waals surface area contributed by atoms with Crippen LogP contribution in [-0.2, 0) is 6.54 Å². The van der Waals surface area contributed by atoms with Gasteiger partial charge in [-0.05, 0) is 42.5 Å². The summed E-state index contributed by atoms with van der Waals surface area (Å²) in [5, 5.41) is 6.40. The highest BCUT2D eigenvalue weighted by molar-refractivity contribution is 9.10. The van der Waals surface area contributed by atoms with Crippen molar-refractivity contribution in [3.8, 4) is 22.1 Å². The Bertz CT molecular complexity index is 818. The smallest absolute Gasteiger partial charge is 0.161 e. The van der Waals surface area contributed by atoms with Crippen LogP contribution in [0.2, 0.25) is 0 Å². The first kappa shape index (κ1) is 16.8. The van der Waals surface area contributed by atoms with Gasteiger partial charge in [0.25, 0.3) is 0 Å². The molecule has 0 spiro atoms. The van der Waals surface area contributed by atoms with Crippen LogP contribution >= 0.6 is 27.3 Å². The molecule has 124 valence electrons. The molecule has 3 aromatic rings. The number of hydrogen-bond donors (Lipinski definition) is 1. The molecule has 1 heterocycles. The van der Waals surface area contributed by atoms with E-state index in [1.54, 1.807) is 25.6 Å². The monoisotopic (exact) mass is 404 g/mol. The van der Waals surface area contributed by atoms with Crippen LogP contribution in [0.25, 0.3) is 10.6 Å². The first-order valence-corrected chi connectivity index (χ1v) is 9.03. The minimum Gasteiger partial charge on any atom is -0.493 e. The summed E-state index contributed by atoms with van der Waals surface area (Å²) < 4.78 is 11.7. The summed E-state index contributed by atoms with van der Waals surface area (Å²) in [7, 11) is 3.27. The third-order valence-corrected chi connectivity index (χ3v) is 4.97. The van der Waals surface area contributed by atoms with Gasteiger partial charge in [-0.2, -0.15) is 0 Å². The number of thiazole rings is 1. The third kappa shape index (κ3) is 3.88. The zero-order chi connectivity index (χ0) is 16.9. The molecule has 0 amide bonds. The van der Waals surface area contributed by atoms with E-state index in [2.05, 4.69) is 26.6 Å². The van der Waals surface area contributed by atoms with Gasteiger partial charge in [-0.15, -0.1) is 11.3 Å². The van der Waals surface area contributed by atoms with Crippen LogP contribution in [0.4, 0.5) is 5.69 Å². The number of anilines is 1. The lowest BCUT2D eigenvalue weighted by Gasteiger charge is -2.08. The fourth-order valence-electron chi connectivity index (χ4n) is 2.25. The second-order valence-electron chi connectivity index (χ2n) is 5.07. The van der Waals surface area contributed by atoms with Gasteiger partial charge < -0.3 is 14.8 Å². The number of hydrogen-bond acceptors (Lipinski definition) is 5. The van der Waals surface area contributed by atoms with Gasteiger partial charge in [0, 0.05) is 21.1 Å². The van der Waals surface area contributed by atoms with E-state index in [1.165, 1.54) is 0 Å². The SMILES string of the molecule is COc1ccc(-c2nc(CNc3ccc(Br)cc3)cs2)cc1OC. The zero-order valence-corrected chi connectivity index (χ0v) is 15.8. The first-order valence-electron chi connectivity index (χ1n) is 7.36. The summed E-state index contributed by atoms with van der Waals surface area (Å²) in [6.45, 7) is 0.686. The van der Waals surface area contributed by atoms with Crippen molar-refractivity contribution in [1.82, 2.24) is 4.98 Å². The predicted molar refractivity (Wildman–Crippen MR) is 102 cm³/mol. The molecule has 0 atom stereocenters. The van der Waals surface area contributed by atoms with E-state index < -0.39 is 0 Å². The maximum Gasteiger partial charge on any atom is 0.161 e. The number of nitrogens with one attached hydrogen (secondary N) is 1. The summed E-state index contributed by atoms with van der Waals surface area (Å²) in [5.41, 5.74) is 3.10. The normalized spacial score (nSPS) is 10.5. The molecule has 0 radical (unpaired) electrons. The third-order valence-electron chi connectivity index (χ3n) is 3.50. The average Bonchev–Trinajstić information content (AvgIpc) is 3.09. The van der Waals surface area contributed by atoms with Gasteiger partial charge >= 0.3 is 0 Å². The molecule has 1 aromatic heterocycles. The van der Waals surface area contributed by atoms with Crippen molar-refractivity contribution in [3.05, 3.63) is 58.0 Å². The molecule has 4 nitrogen and oxygen atoms in total. The maximum absolute atomic E-state index is 5.36. The fourth-order valence-corrected chi connectivity index (χ4v) is 3.33. The molecule has 0 saturated carbocycles. The van der Waals surface area contributed by atoms with E-state index in [-0.39, 0.29) is 0 Å². The molecular formula is C18H17BrN2O2S. The second kappa shape index (κ2) is 7.68. The van der Waals surface area contributed by atoms with E-state index in [0.29, 0.717) is 12.3 Å². The molecule has 3 rings (SSSR count). The van der Waals surface area contributed by atoms with Gasteiger partial charge in [0.1, 0.15) is 5.01 Å². The molecule has 6 heteroatoms. The molecule has 0 fully saturated rings. The summed E-state index contributed by atoms with van der Waals surface area (Å²) in [5.74, 6) is 1.43. The van der Waals surface area contributed by atoms with Crippen molar-refractivity contribution in [3.63, 3.8) is 0 Å². The largest absolute Gasteiger partial charge is 0.493 e. The number of benzene rings is 2. The number of methoxy groups -OCH3 is 2. The topological polar surface area (TPSA) is 43.4 Å². The number of ether oxygens (including phenoxy) is 2. The van der Waals surface area contributed by atoms with E-state index in [0.717, 1.165) is 32.2 Å². The molecular weight excluding hydrogens is 388 g/mol. The summed E-state index contributed by atoms with van der Waals surface area (Å²) in [4.78, 5) is 4.69. The van der Waals surface area contributed by atoms with Crippen molar-refractivity contribution in [2.75, 3.05) is 19.5 Å². The minimum atomic E-state index is 0.686. The van der Waals surface area contributed by atoms with Crippen LogP contribution in [-0.4, -0.2) is 19.2 Å². The molecule has 2 aromatic carbocycles. The van der Waals surface area contributed by atoms with Crippen LogP contribution < -0.4 is 14.8 Å². The van der Waals surface area contributed by atoms with Crippen LogP contribution in [0, 0.1) is 0 Å². The van der Waals surface area contributed by atoms with Crippen molar-refractivity contribution in [2.24, 2.45) is 0 Å². The van der Waals surface area contributed by atoms with Gasteiger partial charge in [0.05, 0.1) is 26.5 Å². The van der Waals surface area contributed by atoms with Crippen molar-refractivity contribution >= 4 is 33.0 Å². The van der Waals surface area contributed by atoms with Gasteiger partial charge in [-0.25, -0.2) is 4.98 Å². The lowest BCUT2D eigenvalue weighted by Crippen LogP contribution is -1.99. The molecule has 0 saturated heterocycles. The van der Waals surface area contributed by atoms with Crippen molar-refractivity contribution in [2.45, 2.75) is 6.54 Å². The van der Waals surface area contributed by atoms with Crippen LogP contribution in [0.15, 0.2) is 52.3 Å². The van der Waals surface area contributed by atoms with Gasteiger partial charge in [-0.1, -0.05) is 15.9 Å². The van der Waals surface area contributed by atoms with Gasteiger partial charge in [-0.3, -0.25) is 0 Å². The molecule has 0 aliphatic heterocycles. The lowest BCUT2D eigenvalue weighted by molar-refractivity contribution is 0.355. The molecule has 0 aliphatic carbocycles. The second-order valence-corrected chi connectivity index (χ2v) is 6.85.